The zero-order chi connectivity index (χ0) is 28.5. The van der Waals surface area contributed by atoms with Gasteiger partial charge in [0.1, 0.15) is 42.4 Å². The number of rotatable bonds is 6. The maximum atomic E-state index is 13.1. The van der Waals surface area contributed by atoms with E-state index in [9.17, 15) is 40.2 Å². The minimum Gasteiger partial charge on any atom is -0.508 e. The van der Waals surface area contributed by atoms with Crippen molar-refractivity contribution in [2.45, 2.75) is 60.9 Å². The number of phenols is 1. The van der Waals surface area contributed by atoms with Crippen molar-refractivity contribution in [3.8, 4) is 5.75 Å². The lowest BCUT2D eigenvalue weighted by atomic mass is 9.78. The first-order valence-electron chi connectivity index (χ1n) is 12.6. The molecule has 4 aliphatic heterocycles. The number of aromatic hydroxyl groups is 1. The number of esters is 2. The molecule has 1 spiro atoms. The molecule has 4 heterocycles. The second-order valence-corrected chi connectivity index (χ2v) is 10.3. The largest absolute Gasteiger partial charge is 0.508 e. The number of fused-ring (bicyclic) bond motifs is 5. The van der Waals surface area contributed by atoms with Gasteiger partial charge in [-0.3, -0.25) is 0 Å². The van der Waals surface area contributed by atoms with Gasteiger partial charge in [0.25, 0.3) is 0 Å². The minimum absolute atomic E-state index is 0.0297. The van der Waals surface area contributed by atoms with E-state index in [2.05, 4.69) is 0 Å². The van der Waals surface area contributed by atoms with Crippen molar-refractivity contribution < 1.29 is 68.6 Å². The molecule has 2 saturated heterocycles. The summed E-state index contributed by atoms with van der Waals surface area (Å²) in [5, 5.41) is 61.0. The Balaban J connectivity index is 1.36. The second-order valence-electron chi connectivity index (χ2n) is 10.3. The third kappa shape index (κ3) is 4.02. The van der Waals surface area contributed by atoms with E-state index in [1.54, 1.807) is 0 Å². The normalized spacial score (nSPS) is 42.2. The standard InChI is InChI=1S/C26H28O14/c1-35-22(33)12-8-36-24(39-25-19(32)18(31)17(30)13(7-27)37-25)15-14(12)20-21(38-20)26(15)6-11(23(34)40-26)16(29)9-2-4-10(28)5-3-9/h2-6,8,13-21,24-25,27-32H,7H2,1H3/t13-,14-,15-,16+,17-,18+,19-,20+,21+,24-,25+,26+/m1/s1. The molecule has 1 saturated carbocycles. The van der Waals surface area contributed by atoms with Crippen LogP contribution in [0.2, 0.25) is 0 Å². The molecular formula is C26H28O14. The summed E-state index contributed by atoms with van der Waals surface area (Å²) in [6, 6.07) is 5.60. The summed E-state index contributed by atoms with van der Waals surface area (Å²) in [7, 11) is 1.19. The molecule has 1 aromatic carbocycles. The van der Waals surface area contributed by atoms with Crippen molar-refractivity contribution in [2.24, 2.45) is 11.8 Å². The first-order valence-corrected chi connectivity index (χ1v) is 12.6. The van der Waals surface area contributed by atoms with Gasteiger partial charge in [-0.25, -0.2) is 9.59 Å². The Morgan fingerprint density at radius 1 is 1.07 bits per heavy atom. The molecule has 6 N–H and O–H groups in total. The predicted octanol–water partition coefficient (Wildman–Crippen LogP) is -2.11. The first kappa shape index (κ1) is 27.1. The Labute approximate surface area is 226 Å². The zero-order valence-electron chi connectivity index (χ0n) is 21.0. The molecule has 0 aromatic heterocycles. The molecule has 6 rings (SSSR count). The van der Waals surface area contributed by atoms with E-state index in [0.29, 0.717) is 5.56 Å². The number of hydrogen-bond acceptors (Lipinski definition) is 14. The zero-order valence-corrected chi connectivity index (χ0v) is 21.0. The number of epoxide rings is 1. The van der Waals surface area contributed by atoms with Crippen LogP contribution in [0.3, 0.4) is 0 Å². The van der Waals surface area contributed by atoms with Crippen molar-refractivity contribution in [1.29, 1.82) is 0 Å². The maximum absolute atomic E-state index is 13.1. The van der Waals surface area contributed by atoms with Gasteiger partial charge in [-0.1, -0.05) is 12.1 Å². The van der Waals surface area contributed by atoms with Crippen LogP contribution < -0.4 is 0 Å². The predicted molar refractivity (Wildman–Crippen MR) is 125 cm³/mol. The Kier molecular flexibility index (Phi) is 6.63. The summed E-state index contributed by atoms with van der Waals surface area (Å²) < 4.78 is 33.7. The molecule has 14 heteroatoms. The molecule has 12 atom stereocenters. The van der Waals surface area contributed by atoms with Gasteiger partial charge in [0.2, 0.25) is 6.29 Å². The molecule has 40 heavy (non-hydrogen) atoms. The molecule has 1 aromatic rings. The third-order valence-electron chi connectivity index (χ3n) is 8.14. The van der Waals surface area contributed by atoms with Crippen LogP contribution in [-0.4, -0.2) is 111 Å². The molecule has 3 fully saturated rings. The Morgan fingerprint density at radius 3 is 2.48 bits per heavy atom. The highest BCUT2D eigenvalue weighted by Gasteiger charge is 2.78. The summed E-state index contributed by atoms with van der Waals surface area (Å²) in [6.45, 7) is -0.685. The molecule has 14 nitrogen and oxygen atoms in total. The number of aliphatic hydroxyl groups is 5. The van der Waals surface area contributed by atoms with Crippen LogP contribution in [-0.2, 0) is 38.0 Å². The fourth-order valence-electron chi connectivity index (χ4n) is 6.10. The van der Waals surface area contributed by atoms with E-state index in [-0.39, 0.29) is 16.9 Å². The van der Waals surface area contributed by atoms with Gasteiger partial charge in [-0.05, 0) is 23.8 Å². The van der Waals surface area contributed by atoms with Crippen LogP contribution in [0.4, 0.5) is 0 Å². The van der Waals surface area contributed by atoms with E-state index in [1.807, 2.05) is 0 Å². The molecule has 1 aliphatic carbocycles. The molecule has 0 radical (unpaired) electrons. The van der Waals surface area contributed by atoms with E-state index in [4.69, 9.17) is 28.4 Å². The van der Waals surface area contributed by atoms with Crippen LogP contribution in [0.25, 0.3) is 0 Å². The average Bonchev–Trinajstić information content (AvgIpc) is 3.62. The minimum atomic E-state index is -1.75. The Bertz CT molecular complexity index is 1240. The molecule has 0 amide bonds. The topological polar surface area (TPSA) is 214 Å². The number of aliphatic hydroxyl groups excluding tert-OH is 5. The van der Waals surface area contributed by atoms with Gasteiger partial charge in [0.05, 0.1) is 43.1 Å². The Morgan fingerprint density at radius 2 is 1.80 bits per heavy atom. The van der Waals surface area contributed by atoms with E-state index >= 15 is 0 Å². The molecule has 0 unspecified atom stereocenters. The highest BCUT2D eigenvalue weighted by Crippen LogP contribution is 2.63. The monoisotopic (exact) mass is 564 g/mol. The number of benzene rings is 1. The van der Waals surface area contributed by atoms with Crippen molar-refractivity contribution >= 4 is 11.9 Å². The summed E-state index contributed by atoms with van der Waals surface area (Å²) >= 11 is 0. The van der Waals surface area contributed by atoms with Crippen LogP contribution in [0.5, 0.6) is 5.75 Å². The van der Waals surface area contributed by atoms with Crippen molar-refractivity contribution in [3.63, 3.8) is 0 Å². The second kappa shape index (κ2) is 9.78. The number of carbonyl (C=O) groups is 2. The van der Waals surface area contributed by atoms with Crippen LogP contribution >= 0.6 is 0 Å². The van der Waals surface area contributed by atoms with Gasteiger partial charge in [0, 0.05) is 5.92 Å². The number of ether oxygens (including phenoxy) is 6. The number of carbonyl (C=O) groups excluding carboxylic acids is 2. The highest BCUT2D eigenvalue weighted by molar-refractivity contribution is 5.94. The fourth-order valence-corrected chi connectivity index (χ4v) is 6.10. The summed E-state index contributed by atoms with van der Waals surface area (Å²) in [5.41, 5.74) is -1.29. The van der Waals surface area contributed by atoms with Crippen LogP contribution in [0.15, 0.2) is 47.7 Å². The summed E-state index contributed by atoms with van der Waals surface area (Å²) in [5.74, 6) is -3.34. The average molecular weight is 564 g/mol. The number of methoxy groups -OCH3 is 1. The number of hydrogen-bond donors (Lipinski definition) is 6. The summed E-state index contributed by atoms with van der Waals surface area (Å²) in [4.78, 5) is 25.8. The quantitative estimate of drug-likeness (QED) is 0.161. The molecule has 5 aliphatic rings. The number of phenolic OH excluding ortho intramolecular Hbond substituents is 1. The third-order valence-corrected chi connectivity index (χ3v) is 8.14. The van der Waals surface area contributed by atoms with Crippen molar-refractivity contribution in [2.75, 3.05) is 13.7 Å². The molecule has 0 bridgehead atoms. The first-order chi connectivity index (χ1) is 19.1. The van der Waals surface area contributed by atoms with Gasteiger partial charge in [-0.15, -0.1) is 0 Å². The van der Waals surface area contributed by atoms with Gasteiger partial charge >= 0.3 is 11.9 Å². The van der Waals surface area contributed by atoms with Crippen molar-refractivity contribution in [3.05, 3.63) is 53.3 Å². The highest BCUT2D eigenvalue weighted by atomic mass is 16.8. The van der Waals surface area contributed by atoms with Crippen molar-refractivity contribution in [1.82, 2.24) is 0 Å². The lowest BCUT2D eigenvalue weighted by Gasteiger charge is -2.45. The summed E-state index contributed by atoms with van der Waals surface area (Å²) in [6.07, 6.45) is -9.54. The van der Waals surface area contributed by atoms with Crippen LogP contribution in [0, 0.1) is 11.8 Å². The fraction of sp³-hybridized carbons (Fsp3) is 0.538. The van der Waals surface area contributed by atoms with Gasteiger partial charge in [0.15, 0.2) is 11.9 Å². The molecule has 216 valence electrons. The smallest absolute Gasteiger partial charge is 0.337 e. The Hall–Kier alpha value is -3.08. The van der Waals surface area contributed by atoms with Crippen LogP contribution in [0.1, 0.15) is 11.7 Å². The van der Waals surface area contributed by atoms with E-state index < -0.39 is 91.3 Å². The lowest BCUT2D eigenvalue weighted by Crippen LogP contribution is -2.61. The molecular weight excluding hydrogens is 536 g/mol. The van der Waals surface area contributed by atoms with E-state index in [0.717, 1.165) is 6.26 Å². The lowest BCUT2D eigenvalue weighted by molar-refractivity contribution is -0.347. The van der Waals surface area contributed by atoms with Gasteiger partial charge in [-0.2, -0.15) is 0 Å². The van der Waals surface area contributed by atoms with E-state index in [1.165, 1.54) is 37.5 Å². The SMILES string of the molecule is COC(=O)C1=CO[C@H](O[C@@H]2O[C@H](CO)[C@@H](O)[C@H](O)[C@H]2O)[C@H]2[C@@H]1[C@@H]1O[C@@H]1[C@]21C=C([C@@H](O)c2ccc(O)cc2)C(=O)O1. The maximum Gasteiger partial charge on any atom is 0.337 e. The van der Waals surface area contributed by atoms with Gasteiger partial charge < -0.3 is 59.1 Å².